The van der Waals surface area contributed by atoms with E-state index in [2.05, 4.69) is 5.32 Å². The van der Waals surface area contributed by atoms with Crippen LogP contribution in [-0.2, 0) is 0 Å². The average Bonchev–Trinajstić information content (AvgIpc) is 2.16. The normalized spacial score (nSPS) is 19.7. The number of alkyl halides is 3. The zero-order chi connectivity index (χ0) is 12.2. The molecule has 0 spiro atoms. The van der Waals surface area contributed by atoms with Gasteiger partial charge in [-0.1, -0.05) is 0 Å². The van der Waals surface area contributed by atoms with Crippen LogP contribution < -0.4 is 5.32 Å². The monoisotopic (exact) mass is 238 g/mol. The summed E-state index contributed by atoms with van der Waals surface area (Å²) in [5, 5.41) is 3.22. The molecule has 0 aromatic heterocycles. The summed E-state index contributed by atoms with van der Waals surface area (Å²) in [6, 6.07) is -0.0449. The minimum absolute atomic E-state index is 0.0449. The standard InChI is InChI=1S/C11H21F3N2/c1-9(2)16(8-11(12,13)14)7-10-3-5-15-6-4-10/h9-10,15H,3-8H2,1-2H3. The van der Waals surface area contributed by atoms with Gasteiger partial charge in [0.15, 0.2) is 0 Å². The number of halogens is 3. The van der Waals surface area contributed by atoms with Crippen LogP contribution in [0.2, 0.25) is 0 Å². The maximum absolute atomic E-state index is 12.4. The van der Waals surface area contributed by atoms with Crippen molar-refractivity contribution >= 4 is 0 Å². The molecule has 0 aromatic carbocycles. The molecule has 1 fully saturated rings. The van der Waals surface area contributed by atoms with E-state index in [-0.39, 0.29) is 6.04 Å². The van der Waals surface area contributed by atoms with Crippen LogP contribution >= 0.6 is 0 Å². The molecule has 0 radical (unpaired) electrons. The molecular formula is C11H21F3N2. The maximum Gasteiger partial charge on any atom is 0.401 e. The summed E-state index contributed by atoms with van der Waals surface area (Å²) < 4.78 is 37.1. The maximum atomic E-state index is 12.4. The third-order valence-electron chi connectivity index (χ3n) is 3.06. The van der Waals surface area contributed by atoms with Crippen molar-refractivity contribution in [2.45, 2.75) is 38.9 Å². The highest BCUT2D eigenvalue weighted by Crippen LogP contribution is 2.21. The molecule has 1 saturated heterocycles. The van der Waals surface area contributed by atoms with Crippen molar-refractivity contribution in [3.63, 3.8) is 0 Å². The Hall–Kier alpha value is -0.290. The van der Waals surface area contributed by atoms with E-state index >= 15 is 0 Å². The highest BCUT2D eigenvalue weighted by atomic mass is 19.4. The van der Waals surface area contributed by atoms with Crippen LogP contribution in [0, 0.1) is 5.92 Å². The third-order valence-corrected chi connectivity index (χ3v) is 3.06. The summed E-state index contributed by atoms with van der Waals surface area (Å²) in [6.07, 6.45) is -2.11. The summed E-state index contributed by atoms with van der Waals surface area (Å²) in [4.78, 5) is 1.54. The molecular weight excluding hydrogens is 217 g/mol. The number of hydrogen-bond donors (Lipinski definition) is 1. The molecule has 0 bridgehead atoms. The van der Waals surface area contributed by atoms with Crippen LogP contribution in [0.15, 0.2) is 0 Å². The fraction of sp³-hybridized carbons (Fsp3) is 1.00. The zero-order valence-corrected chi connectivity index (χ0v) is 9.98. The molecule has 1 aliphatic rings. The molecule has 0 amide bonds. The third kappa shape index (κ3) is 5.16. The van der Waals surface area contributed by atoms with Crippen LogP contribution in [0.5, 0.6) is 0 Å². The topological polar surface area (TPSA) is 15.3 Å². The fourth-order valence-corrected chi connectivity index (χ4v) is 2.08. The molecule has 0 aromatic rings. The van der Waals surface area contributed by atoms with E-state index in [9.17, 15) is 13.2 Å². The summed E-state index contributed by atoms with van der Waals surface area (Å²) in [6.45, 7) is 5.30. The summed E-state index contributed by atoms with van der Waals surface area (Å²) in [5.41, 5.74) is 0. The van der Waals surface area contributed by atoms with Crippen LogP contribution in [0.25, 0.3) is 0 Å². The van der Waals surface area contributed by atoms with Crippen molar-refractivity contribution in [1.82, 2.24) is 10.2 Å². The van der Waals surface area contributed by atoms with Gasteiger partial charge in [0.05, 0.1) is 6.54 Å². The van der Waals surface area contributed by atoms with Gasteiger partial charge in [-0.2, -0.15) is 13.2 Å². The van der Waals surface area contributed by atoms with Crippen molar-refractivity contribution in [2.75, 3.05) is 26.2 Å². The molecule has 1 heterocycles. The first-order valence-corrected chi connectivity index (χ1v) is 5.90. The van der Waals surface area contributed by atoms with Gasteiger partial charge in [-0.15, -0.1) is 0 Å². The Kier molecular flexibility index (Phi) is 5.05. The van der Waals surface area contributed by atoms with Gasteiger partial charge in [-0.05, 0) is 45.7 Å². The molecule has 0 saturated carbocycles. The molecule has 2 nitrogen and oxygen atoms in total. The predicted octanol–water partition coefficient (Wildman–Crippen LogP) is 2.26. The lowest BCUT2D eigenvalue weighted by molar-refractivity contribution is -0.151. The van der Waals surface area contributed by atoms with Crippen LogP contribution in [0.1, 0.15) is 26.7 Å². The Bertz CT molecular complexity index is 198. The number of nitrogens with one attached hydrogen (secondary N) is 1. The highest BCUT2D eigenvalue weighted by Gasteiger charge is 2.32. The second-order valence-corrected chi connectivity index (χ2v) is 4.83. The largest absolute Gasteiger partial charge is 0.401 e. The Balaban J connectivity index is 2.43. The van der Waals surface area contributed by atoms with Gasteiger partial charge in [-0.25, -0.2) is 0 Å². The molecule has 1 rings (SSSR count). The van der Waals surface area contributed by atoms with Crippen molar-refractivity contribution in [3.8, 4) is 0 Å². The van der Waals surface area contributed by atoms with Crippen LogP contribution in [0.4, 0.5) is 13.2 Å². The molecule has 16 heavy (non-hydrogen) atoms. The SMILES string of the molecule is CC(C)N(CC1CCNCC1)CC(F)(F)F. The second-order valence-electron chi connectivity index (χ2n) is 4.83. The molecule has 1 N–H and O–H groups in total. The van der Waals surface area contributed by atoms with Crippen molar-refractivity contribution in [1.29, 1.82) is 0 Å². The molecule has 0 aliphatic carbocycles. The number of piperidine rings is 1. The molecule has 1 aliphatic heterocycles. The van der Waals surface area contributed by atoms with Crippen molar-refractivity contribution in [3.05, 3.63) is 0 Å². The van der Waals surface area contributed by atoms with Gasteiger partial charge in [-0.3, -0.25) is 4.90 Å². The lowest BCUT2D eigenvalue weighted by Gasteiger charge is -2.33. The Morgan fingerprint density at radius 1 is 1.25 bits per heavy atom. The number of nitrogens with zero attached hydrogens (tertiary/aromatic N) is 1. The minimum Gasteiger partial charge on any atom is -0.317 e. The van der Waals surface area contributed by atoms with Crippen LogP contribution in [-0.4, -0.2) is 43.3 Å². The van der Waals surface area contributed by atoms with Gasteiger partial charge >= 0.3 is 6.18 Å². The van der Waals surface area contributed by atoms with Gasteiger partial charge in [0.25, 0.3) is 0 Å². The first-order chi connectivity index (χ1) is 7.38. The quantitative estimate of drug-likeness (QED) is 0.808. The second kappa shape index (κ2) is 5.87. The Labute approximate surface area is 95.2 Å². The number of rotatable bonds is 4. The van der Waals surface area contributed by atoms with Gasteiger partial charge in [0, 0.05) is 12.6 Å². The first kappa shape index (κ1) is 13.8. The molecule has 96 valence electrons. The van der Waals surface area contributed by atoms with E-state index in [0.717, 1.165) is 25.9 Å². The lowest BCUT2D eigenvalue weighted by atomic mass is 9.97. The van der Waals surface area contributed by atoms with Gasteiger partial charge in [0.1, 0.15) is 0 Å². The van der Waals surface area contributed by atoms with E-state index in [4.69, 9.17) is 0 Å². The number of hydrogen-bond acceptors (Lipinski definition) is 2. The van der Waals surface area contributed by atoms with E-state index < -0.39 is 12.7 Å². The van der Waals surface area contributed by atoms with E-state index in [1.165, 1.54) is 4.90 Å². The van der Waals surface area contributed by atoms with Crippen molar-refractivity contribution < 1.29 is 13.2 Å². The summed E-state index contributed by atoms with van der Waals surface area (Å²) >= 11 is 0. The predicted molar refractivity (Wildman–Crippen MR) is 58.4 cm³/mol. The average molecular weight is 238 g/mol. The lowest BCUT2D eigenvalue weighted by Crippen LogP contribution is -2.43. The molecule has 5 heteroatoms. The van der Waals surface area contributed by atoms with E-state index in [0.29, 0.717) is 12.5 Å². The molecule has 0 unspecified atom stereocenters. The van der Waals surface area contributed by atoms with Crippen molar-refractivity contribution in [2.24, 2.45) is 5.92 Å². The Morgan fingerprint density at radius 3 is 2.25 bits per heavy atom. The van der Waals surface area contributed by atoms with Gasteiger partial charge in [0.2, 0.25) is 0 Å². The Morgan fingerprint density at radius 2 is 1.81 bits per heavy atom. The first-order valence-electron chi connectivity index (χ1n) is 5.90. The fourth-order valence-electron chi connectivity index (χ4n) is 2.08. The van der Waals surface area contributed by atoms with E-state index in [1.807, 2.05) is 13.8 Å². The summed E-state index contributed by atoms with van der Waals surface area (Å²) in [5.74, 6) is 0.408. The highest BCUT2D eigenvalue weighted by molar-refractivity contribution is 4.75. The molecule has 0 atom stereocenters. The minimum atomic E-state index is -4.09. The van der Waals surface area contributed by atoms with E-state index in [1.54, 1.807) is 0 Å². The van der Waals surface area contributed by atoms with Crippen LogP contribution in [0.3, 0.4) is 0 Å². The summed E-state index contributed by atoms with van der Waals surface area (Å²) in [7, 11) is 0. The smallest absolute Gasteiger partial charge is 0.317 e. The zero-order valence-electron chi connectivity index (χ0n) is 9.98. The van der Waals surface area contributed by atoms with Gasteiger partial charge < -0.3 is 5.32 Å².